The summed E-state index contributed by atoms with van der Waals surface area (Å²) in [5.74, 6) is 0.567. The molecule has 0 bridgehead atoms. The van der Waals surface area contributed by atoms with E-state index in [-0.39, 0.29) is 10.6 Å². The third-order valence-corrected chi connectivity index (χ3v) is 6.97. The molecule has 0 saturated carbocycles. The predicted molar refractivity (Wildman–Crippen MR) is 101 cm³/mol. The quantitative estimate of drug-likeness (QED) is 0.667. The van der Waals surface area contributed by atoms with Gasteiger partial charge in [0, 0.05) is 30.2 Å². The molecule has 1 N–H and O–H groups in total. The fraction of sp³-hybridized carbons (Fsp3) is 0.375. The SMILES string of the molecule is Cc1noc(C)c1C(C)NS(=O)(=O)c1cc2c(cc1Br)n(C)c(=O)n2C. The molecular formula is C16H19BrN4O4S. The van der Waals surface area contributed by atoms with Gasteiger partial charge in [0.2, 0.25) is 10.0 Å². The second-order valence-corrected chi connectivity index (χ2v) is 8.79. The highest BCUT2D eigenvalue weighted by Gasteiger charge is 2.26. The summed E-state index contributed by atoms with van der Waals surface area (Å²) in [5.41, 5.74) is 2.29. The minimum atomic E-state index is -3.85. The molecule has 0 saturated heterocycles. The first-order valence-corrected chi connectivity index (χ1v) is 10.1. The fourth-order valence-electron chi connectivity index (χ4n) is 3.17. The molecule has 10 heteroatoms. The van der Waals surface area contributed by atoms with E-state index in [9.17, 15) is 13.2 Å². The largest absolute Gasteiger partial charge is 0.361 e. The molecule has 2 aromatic heterocycles. The molecule has 26 heavy (non-hydrogen) atoms. The van der Waals surface area contributed by atoms with Crippen molar-refractivity contribution >= 4 is 37.0 Å². The Balaban J connectivity index is 2.08. The van der Waals surface area contributed by atoms with Crippen LogP contribution in [0.25, 0.3) is 11.0 Å². The average molecular weight is 443 g/mol. The van der Waals surface area contributed by atoms with Crippen LogP contribution in [0.3, 0.4) is 0 Å². The lowest BCUT2D eigenvalue weighted by atomic mass is 10.1. The Morgan fingerprint density at radius 2 is 1.77 bits per heavy atom. The predicted octanol–water partition coefficient (Wildman–Crippen LogP) is 2.28. The topological polar surface area (TPSA) is 99.1 Å². The molecule has 8 nitrogen and oxygen atoms in total. The van der Waals surface area contributed by atoms with Gasteiger partial charge in [0.15, 0.2) is 0 Å². The van der Waals surface area contributed by atoms with Gasteiger partial charge in [0.25, 0.3) is 0 Å². The molecule has 140 valence electrons. The number of benzene rings is 1. The lowest BCUT2D eigenvalue weighted by Gasteiger charge is -2.15. The Morgan fingerprint density at radius 1 is 1.19 bits per heavy atom. The van der Waals surface area contributed by atoms with E-state index in [4.69, 9.17) is 4.52 Å². The Kier molecular flexibility index (Phi) is 4.62. The van der Waals surface area contributed by atoms with Crippen LogP contribution in [-0.2, 0) is 24.1 Å². The second kappa shape index (κ2) is 6.36. The van der Waals surface area contributed by atoms with Crippen molar-refractivity contribution in [2.45, 2.75) is 31.7 Å². The van der Waals surface area contributed by atoms with E-state index < -0.39 is 16.1 Å². The lowest BCUT2D eigenvalue weighted by Crippen LogP contribution is -2.27. The summed E-state index contributed by atoms with van der Waals surface area (Å²) in [6.07, 6.45) is 0. The summed E-state index contributed by atoms with van der Waals surface area (Å²) in [5, 5.41) is 3.86. The molecule has 0 aliphatic carbocycles. The highest BCUT2D eigenvalue weighted by molar-refractivity contribution is 9.10. The monoisotopic (exact) mass is 442 g/mol. The highest BCUT2D eigenvalue weighted by atomic mass is 79.9. The van der Waals surface area contributed by atoms with Gasteiger partial charge in [-0.2, -0.15) is 0 Å². The molecule has 0 radical (unpaired) electrons. The van der Waals surface area contributed by atoms with Gasteiger partial charge in [-0.05, 0) is 48.8 Å². The summed E-state index contributed by atoms with van der Waals surface area (Å²) in [6.45, 7) is 5.23. The average Bonchev–Trinajstić information content (AvgIpc) is 2.99. The zero-order valence-electron chi connectivity index (χ0n) is 15.0. The smallest absolute Gasteiger partial charge is 0.328 e. The van der Waals surface area contributed by atoms with Gasteiger partial charge < -0.3 is 4.52 Å². The maximum absolute atomic E-state index is 12.9. The van der Waals surface area contributed by atoms with Crippen LogP contribution in [0.4, 0.5) is 0 Å². The molecular weight excluding hydrogens is 424 g/mol. The molecule has 1 atom stereocenters. The number of rotatable bonds is 4. The first-order valence-electron chi connectivity index (χ1n) is 7.84. The number of hydrogen-bond acceptors (Lipinski definition) is 5. The summed E-state index contributed by atoms with van der Waals surface area (Å²) >= 11 is 3.31. The van der Waals surface area contributed by atoms with E-state index in [2.05, 4.69) is 25.8 Å². The number of imidazole rings is 1. The standard InChI is InChI=1S/C16H19BrN4O4S/c1-8-15(10(3)25-18-8)9(2)19-26(23,24)14-7-13-12(6-11(14)17)20(4)16(22)21(13)5/h6-7,9,19H,1-5H3. The van der Waals surface area contributed by atoms with Gasteiger partial charge in [0.05, 0.1) is 21.6 Å². The number of halogens is 1. The maximum Gasteiger partial charge on any atom is 0.328 e. The van der Waals surface area contributed by atoms with Crippen molar-refractivity contribution in [2.75, 3.05) is 0 Å². The van der Waals surface area contributed by atoms with Crippen LogP contribution >= 0.6 is 15.9 Å². The van der Waals surface area contributed by atoms with Crippen LogP contribution in [0, 0.1) is 13.8 Å². The summed E-state index contributed by atoms with van der Waals surface area (Å²) in [6, 6.07) is 2.60. The van der Waals surface area contributed by atoms with Gasteiger partial charge in [-0.15, -0.1) is 0 Å². The maximum atomic E-state index is 12.9. The number of fused-ring (bicyclic) bond motifs is 1. The normalized spacial score (nSPS) is 13.5. The third kappa shape index (κ3) is 2.91. The van der Waals surface area contributed by atoms with Gasteiger partial charge in [-0.25, -0.2) is 17.9 Å². The summed E-state index contributed by atoms with van der Waals surface area (Å²) in [4.78, 5) is 12.2. The summed E-state index contributed by atoms with van der Waals surface area (Å²) < 4.78 is 36.9. The van der Waals surface area contributed by atoms with Crippen molar-refractivity contribution in [3.63, 3.8) is 0 Å². The zero-order chi connectivity index (χ0) is 19.4. The Labute approximate surface area is 159 Å². The van der Waals surface area contributed by atoms with Crippen LogP contribution < -0.4 is 10.4 Å². The van der Waals surface area contributed by atoms with Crippen LogP contribution in [0.1, 0.15) is 30.0 Å². The lowest BCUT2D eigenvalue weighted by molar-refractivity contribution is 0.391. The summed E-state index contributed by atoms with van der Waals surface area (Å²) in [7, 11) is -0.605. The first kappa shape index (κ1) is 18.9. The Bertz CT molecular complexity index is 1150. The van der Waals surface area contributed by atoms with Crippen molar-refractivity contribution in [3.8, 4) is 0 Å². The molecule has 0 fully saturated rings. The molecule has 3 rings (SSSR count). The molecule has 0 spiro atoms. The molecule has 0 amide bonds. The molecule has 1 aromatic carbocycles. The van der Waals surface area contributed by atoms with Crippen molar-refractivity contribution in [2.24, 2.45) is 14.1 Å². The van der Waals surface area contributed by atoms with Gasteiger partial charge in [-0.1, -0.05) is 5.16 Å². The van der Waals surface area contributed by atoms with E-state index in [0.29, 0.717) is 32.5 Å². The van der Waals surface area contributed by atoms with Crippen LogP contribution in [0.15, 0.2) is 30.8 Å². The molecule has 3 aromatic rings. The fourth-order valence-corrected chi connectivity index (χ4v) is 5.43. The minimum absolute atomic E-state index is 0.0600. The number of hydrogen-bond donors (Lipinski definition) is 1. The second-order valence-electron chi connectivity index (χ2n) is 6.25. The first-order chi connectivity index (χ1) is 12.0. The van der Waals surface area contributed by atoms with E-state index >= 15 is 0 Å². The molecule has 0 aliphatic rings. The number of aromatic nitrogens is 3. The Morgan fingerprint density at radius 3 is 2.31 bits per heavy atom. The number of sulfonamides is 1. The molecule has 2 heterocycles. The van der Waals surface area contributed by atoms with Crippen molar-refractivity contribution in [1.29, 1.82) is 0 Å². The van der Waals surface area contributed by atoms with E-state index in [1.165, 1.54) is 15.2 Å². The molecule has 0 aliphatic heterocycles. The van der Waals surface area contributed by atoms with Gasteiger partial charge >= 0.3 is 5.69 Å². The van der Waals surface area contributed by atoms with Crippen LogP contribution in [0.2, 0.25) is 0 Å². The van der Waals surface area contributed by atoms with Gasteiger partial charge in [0.1, 0.15) is 5.76 Å². The Hall–Kier alpha value is -1.91. The van der Waals surface area contributed by atoms with Crippen LogP contribution in [0.5, 0.6) is 0 Å². The number of nitrogens with zero attached hydrogens (tertiary/aromatic N) is 3. The highest BCUT2D eigenvalue weighted by Crippen LogP contribution is 2.29. The van der Waals surface area contributed by atoms with E-state index in [1.807, 2.05) is 0 Å². The molecule has 1 unspecified atom stereocenters. The van der Waals surface area contributed by atoms with Crippen molar-refractivity contribution in [1.82, 2.24) is 19.0 Å². The van der Waals surface area contributed by atoms with E-state index in [1.54, 1.807) is 40.9 Å². The van der Waals surface area contributed by atoms with Crippen molar-refractivity contribution < 1.29 is 12.9 Å². The van der Waals surface area contributed by atoms with E-state index in [0.717, 1.165) is 0 Å². The van der Waals surface area contributed by atoms with Crippen LogP contribution in [-0.4, -0.2) is 22.7 Å². The number of nitrogens with one attached hydrogen (secondary N) is 1. The third-order valence-electron chi connectivity index (χ3n) is 4.47. The van der Waals surface area contributed by atoms with Gasteiger partial charge in [-0.3, -0.25) is 9.13 Å². The zero-order valence-corrected chi connectivity index (χ0v) is 17.4. The number of aryl methyl sites for hydroxylation is 4. The van der Waals surface area contributed by atoms with Crippen molar-refractivity contribution in [3.05, 3.63) is 44.1 Å². The minimum Gasteiger partial charge on any atom is -0.361 e.